The summed E-state index contributed by atoms with van der Waals surface area (Å²) in [4.78, 5) is 0. The Morgan fingerprint density at radius 2 is 1.12 bits per heavy atom. The normalized spacial score (nSPS) is 20.6. The second kappa shape index (κ2) is 14.3. The van der Waals surface area contributed by atoms with Gasteiger partial charge in [-0.2, -0.15) is 0 Å². The summed E-state index contributed by atoms with van der Waals surface area (Å²) in [5.74, 6) is 3.80. The van der Waals surface area contributed by atoms with Gasteiger partial charge in [-0.25, -0.2) is 0 Å². The first kappa shape index (κ1) is 34.7. The molecule has 5 atom stereocenters. The number of ether oxygens (including phenoxy) is 10. The minimum absolute atomic E-state index is 0.178. The maximum atomic E-state index is 12.5. The molecule has 0 saturated heterocycles. The topological polar surface area (TPSA) is 133 Å². The Balaban J connectivity index is 1.60. The van der Waals surface area contributed by atoms with Gasteiger partial charge >= 0.3 is 0 Å². The molecule has 0 unspecified atom stereocenters. The SMILES string of the molecule is COc1cc(OC)cc([C@H]2Oc3cc(OC)cc(OC)c3[C@H](c3c(OC)cc(OC)c4c3O[C@H](c3ccc(OC)c(OC)c3)[C@@H](O)C4)[C@@H]2O)c1. The summed E-state index contributed by atoms with van der Waals surface area (Å²) >= 11 is 0. The van der Waals surface area contributed by atoms with Gasteiger partial charge in [0.05, 0.1) is 68.9 Å². The molecule has 12 heteroatoms. The van der Waals surface area contributed by atoms with Gasteiger partial charge in [-0.3, -0.25) is 0 Å². The fourth-order valence-corrected chi connectivity index (χ4v) is 6.88. The Morgan fingerprint density at radius 1 is 0.520 bits per heavy atom. The molecule has 12 nitrogen and oxygen atoms in total. The smallest absolute Gasteiger partial charge is 0.161 e. The van der Waals surface area contributed by atoms with Crippen LogP contribution in [-0.2, 0) is 6.42 Å². The lowest BCUT2D eigenvalue weighted by Gasteiger charge is -2.41. The number of benzene rings is 4. The van der Waals surface area contributed by atoms with E-state index in [0.29, 0.717) is 85.3 Å². The van der Waals surface area contributed by atoms with E-state index in [0.717, 1.165) is 0 Å². The Kier molecular flexibility index (Phi) is 9.94. The molecule has 4 aromatic rings. The Labute approximate surface area is 290 Å². The van der Waals surface area contributed by atoms with Crippen LogP contribution in [0.5, 0.6) is 57.5 Å². The lowest BCUT2D eigenvalue weighted by Crippen LogP contribution is -2.37. The minimum Gasteiger partial charge on any atom is -0.497 e. The number of aliphatic hydroxyl groups is 2. The van der Waals surface area contributed by atoms with Crippen LogP contribution < -0.4 is 47.4 Å². The van der Waals surface area contributed by atoms with E-state index in [1.165, 1.54) is 14.2 Å². The first-order chi connectivity index (χ1) is 24.2. The third kappa shape index (κ3) is 5.98. The quantitative estimate of drug-likeness (QED) is 0.208. The van der Waals surface area contributed by atoms with Gasteiger partial charge in [0, 0.05) is 52.9 Å². The van der Waals surface area contributed by atoms with Crippen molar-refractivity contribution in [1.82, 2.24) is 0 Å². The minimum atomic E-state index is -1.23. The van der Waals surface area contributed by atoms with E-state index in [9.17, 15) is 10.2 Å². The highest BCUT2D eigenvalue weighted by molar-refractivity contribution is 5.66. The zero-order chi connectivity index (χ0) is 35.7. The summed E-state index contributed by atoms with van der Waals surface area (Å²) < 4.78 is 58.8. The summed E-state index contributed by atoms with van der Waals surface area (Å²) in [6, 6.07) is 15.9. The van der Waals surface area contributed by atoms with Gasteiger partial charge in [-0.1, -0.05) is 6.07 Å². The van der Waals surface area contributed by atoms with Gasteiger partial charge in [0.1, 0.15) is 58.2 Å². The monoisotopic (exact) mass is 690 g/mol. The van der Waals surface area contributed by atoms with Crippen LogP contribution in [-0.4, -0.2) is 79.3 Å². The van der Waals surface area contributed by atoms with Gasteiger partial charge < -0.3 is 57.6 Å². The number of rotatable bonds is 11. The average Bonchev–Trinajstić information content (AvgIpc) is 3.15. The number of hydrogen-bond acceptors (Lipinski definition) is 12. The van der Waals surface area contributed by atoms with Crippen LogP contribution in [0.25, 0.3) is 0 Å². The zero-order valence-corrected chi connectivity index (χ0v) is 29.3. The van der Waals surface area contributed by atoms with E-state index in [4.69, 9.17) is 47.4 Å². The molecule has 4 aromatic carbocycles. The van der Waals surface area contributed by atoms with Crippen LogP contribution in [0.2, 0.25) is 0 Å². The molecule has 0 amide bonds. The predicted octanol–water partition coefficient (Wildman–Crippen LogP) is 5.42. The number of aliphatic hydroxyl groups excluding tert-OH is 2. The number of hydrogen-bond donors (Lipinski definition) is 2. The molecule has 0 bridgehead atoms. The molecule has 0 spiro atoms. The molecule has 50 heavy (non-hydrogen) atoms. The van der Waals surface area contributed by atoms with Crippen molar-refractivity contribution >= 4 is 0 Å². The van der Waals surface area contributed by atoms with E-state index in [1.807, 2.05) is 6.07 Å². The lowest BCUT2D eigenvalue weighted by molar-refractivity contribution is 0.00110. The maximum absolute atomic E-state index is 12.5. The second-order valence-electron chi connectivity index (χ2n) is 11.8. The van der Waals surface area contributed by atoms with Crippen LogP contribution >= 0.6 is 0 Å². The predicted molar refractivity (Wildman–Crippen MR) is 182 cm³/mol. The summed E-state index contributed by atoms with van der Waals surface area (Å²) in [7, 11) is 12.4. The van der Waals surface area contributed by atoms with Crippen molar-refractivity contribution in [3.8, 4) is 57.5 Å². The molecule has 0 radical (unpaired) electrons. The van der Waals surface area contributed by atoms with E-state index in [-0.39, 0.29) is 6.42 Å². The van der Waals surface area contributed by atoms with E-state index < -0.39 is 30.3 Å². The summed E-state index contributed by atoms with van der Waals surface area (Å²) in [5.41, 5.74) is 2.94. The van der Waals surface area contributed by atoms with Crippen molar-refractivity contribution in [1.29, 1.82) is 0 Å². The molecule has 6 rings (SSSR count). The lowest BCUT2D eigenvalue weighted by atomic mass is 9.77. The van der Waals surface area contributed by atoms with Crippen molar-refractivity contribution in [3.63, 3.8) is 0 Å². The van der Waals surface area contributed by atoms with Crippen molar-refractivity contribution in [3.05, 3.63) is 82.4 Å². The van der Waals surface area contributed by atoms with Crippen molar-refractivity contribution in [2.24, 2.45) is 0 Å². The zero-order valence-electron chi connectivity index (χ0n) is 29.3. The fourth-order valence-electron chi connectivity index (χ4n) is 6.88. The van der Waals surface area contributed by atoms with Crippen LogP contribution in [0, 0.1) is 0 Å². The number of methoxy groups -OCH3 is 8. The van der Waals surface area contributed by atoms with Crippen molar-refractivity contribution in [2.75, 3.05) is 56.9 Å². The summed E-state index contributed by atoms with van der Waals surface area (Å²) in [6.07, 6.45) is -3.77. The van der Waals surface area contributed by atoms with Gasteiger partial charge in [0.15, 0.2) is 17.6 Å². The highest BCUT2D eigenvalue weighted by Crippen LogP contribution is 2.58. The molecule has 0 fully saturated rings. The van der Waals surface area contributed by atoms with E-state index >= 15 is 0 Å². The van der Waals surface area contributed by atoms with E-state index in [1.54, 1.807) is 91.2 Å². The van der Waals surface area contributed by atoms with Crippen LogP contribution in [0.15, 0.2) is 54.6 Å². The summed E-state index contributed by atoms with van der Waals surface area (Å²) in [5, 5.41) is 24.1. The Morgan fingerprint density at radius 3 is 1.72 bits per heavy atom. The highest BCUT2D eigenvalue weighted by atomic mass is 16.5. The average molecular weight is 691 g/mol. The van der Waals surface area contributed by atoms with Crippen LogP contribution in [0.1, 0.15) is 45.9 Å². The molecule has 266 valence electrons. The second-order valence-corrected chi connectivity index (χ2v) is 11.8. The molecule has 0 aromatic heterocycles. The fraction of sp³-hybridized carbons (Fsp3) is 0.368. The molecule has 2 heterocycles. The largest absolute Gasteiger partial charge is 0.497 e. The molecule has 2 aliphatic rings. The summed E-state index contributed by atoms with van der Waals surface area (Å²) in [6.45, 7) is 0. The molecule has 0 aliphatic carbocycles. The van der Waals surface area contributed by atoms with Gasteiger partial charge in [0.25, 0.3) is 0 Å². The first-order valence-corrected chi connectivity index (χ1v) is 15.9. The molecule has 0 saturated carbocycles. The van der Waals surface area contributed by atoms with Gasteiger partial charge in [-0.15, -0.1) is 0 Å². The van der Waals surface area contributed by atoms with Crippen molar-refractivity contribution in [2.45, 2.75) is 36.8 Å². The van der Waals surface area contributed by atoms with Crippen LogP contribution in [0.3, 0.4) is 0 Å². The van der Waals surface area contributed by atoms with E-state index in [2.05, 4.69) is 0 Å². The highest BCUT2D eigenvalue weighted by Gasteiger charge is 2.47. The molecular formula is C38H42O12. The Bertz CT molecular complexity index is 1830. The standard InChI is InChI=1S/C38H42O12/c1-41-21-11-20(12-22(14-21)42-2)37-35(40)34(32-29(47-7)15-23(43-3)16-31(32)49-37)33-30(48-8)18-27(45-5)24-17-25(39)36(50-38(24)33)19-9-10-26(44-4)28(13-19)46-6/h9-16,18,25,34-37,39-40H,17H2,1-8H3/t25-,34+,35-,36+,37+/m0/s1. The third-order valence-electron chi connectivity index (χ3n) is 9.29. The van der Waals surface area contributed by atoms with Crippen LogP contribution in [0.4, 0.5) is 0 Å². The third-order valence-corrected chi connectivity index (χ3v) is 9.29. The van der Waals surface area contributed by atoms with Gasteiger partial charge in [0.2, 0.25) is 0 Å². The van der Waals surface area contributed by atoms with Crippen molar-refractivity contribution < 1.29 is 57.6 Å². The molecule has 2 aliphatic heterocycles. The number of fused-ring (bicyclic) bond motifs is 2. The first-order valence-electron chi connectivity index (χ1n) is 15.9. The van der Waals surface area contributed by atoms with Gasteiger partial charge in [-0.05, 0) is 29.8 Å². The molecule has 2 N–H and O–H groups in total. The Hall–Kier alpha value is -5.20. The maximum Gasteiger partial charge on any atom is 0.161 e. The molecular weight excluding hydrogens is 648 g/mol.